The number of benzene rings is 1. The predicted molar refractivity (Wildman–Crippen MR) is 70.0 cm³/mol. The van der Waals surface area contributed by atoms with Crippen molar-refractivity contribution in [2.75, 3.05) is 13.2 Å². The fraction of sp³-hybridized carbons (Fsp3) is 0.500. The van der Waals surface area contributed by atoms with Gasteiger partial charge in [-0.2, -0.15) is 0 Å². The summed E-state index contributed by atoms with van der Waals surface area (Å²) < 4.78 is 5.56. The number of hydrogen-bond acceptors (Lipinski definition) is 3. The average molecular weight is 248 g/mol. The zero-order valence-corrected chi connectivity index (χ0v) is 10.5. The summed E-state index contributed by atoms with van der Waals surface area (Å²) >= 11 is 0. The third kappa shape index (κ3) is 3.55. The number of ether oxygens (including phenoxy) is 1. The van der Waals surface area contributed by atoms with Crippen molar-refractivity contribution in [2.45, 2.75) is 31.4 Å². The second-order valence-corrected chi connectivity index (χ2v) is 4.62. The van der Waals surface area contributed by atoms with Crippen LogP contribution in [0, 0.1) is 0 Å². The average Bonchev–Trinajstić information content (AvgIpc) is 2.46. The number of nitrogens with one attached hydrogen (secondary N) is 1. The maximum absolute atomic E-state index is 11.9. The van der Waals surface area contributed by atoms with E-state index in [0.29, 0.717) is 6.54 Å². The van der Waals surface area contributed by atoms with E-state index in [1.807, 2.05) is 30.3 Å². The standard InChI is InChI=1S/C14H20N2O2/c15-13(11-6-2-1-3-7-11)14(17)16-10-12-8-4-5-9-18-12/h1-3,6-7,12-13H,4-5,8-10,15H2,(H,16,17)/t12?,13-/m0/s1. The molecule has 98 valence electrons. The fourth-order valence-electron chi connectivity index (χ4n) is 2.10. The van der Waals surface area contributed by atoms with E-state index in [0.717, 1.165) is 25.0 Å². The van der Waals surface area contributed by atoms with Crippen LogP contribution >= 0.6 is 0 Å². The van der Waals surface area contributed by atoms with Crippen molar-refractivity contribution in [3.05, 3.63) is 35.9 Å². The van der Waals surface area contributed by atoms with Crippen molar-refractivity contribution in [3.63, 3.8) is 0 Å². The maximum Gasteiger partial charge on any atom is 0.241 e. The molecule has 0 aromatic heterocycles. The van der Waals surface area contributed by atoms with E-state index in [-0.39, 0.29) is 12.0 Å². The molecule has 2 rings (SSSR count). The summed E-state index contributed by atoms with van der Waals surface area (Å²) in [6.07, 6.45) is 3.45. The molecule has 3 N–H and O–H groups in total. The molecule has 4 heteroatoms. The van der Waals surface area contributed by atoms with Crippen molar-refractivity contribution in [1.82, 2.24) is 5.32 Å². The number of carbonyl (C=O) groups is 1. The van der Waals surface area contributed by atoms with Crippen LogP contribution in [0.1, 0.15) is 30.9 Å². The summed E-state index contributed by atoms with van der Waals surface area (Å²) in [5.74, 6) is -0.143. The van der Waals surface area contributed by atoms with Crippen molar-refractivity contribution in [2.24, 2.45) is 5.73 Å². The summed E-state index contributed by atoms with van der Waals surface area (Å²) in [6.45, 7) is 1.35. The SMILES string of the molecule is N[C@H](C(=O)NCC1CCCCO1)c1ccccc1. The molecule has 1 aliphatic rings. The highest BCUT2D eigenvalue weighted by Gasteiger charge is 2.18. The van der Waals surface area contributed by atoms with Crippen molar-refractivity contribution >= 4 is 5.91 Å². The number of nitrogens with two attached hydrogens (primary N) is 1. The van der Waals surface area contributed by atoms with Gasteiger partial charge in [-0.25, -0.2) is 0 Å². The summed E-state index contributed by atoms with van der Waals surface area (Å²) in [5.41, 5.74) is 6.73. The second-order valence-electron chi connectivity index (χ2n) is 4.62. The van der Waals surface area contributed by atoms with Crippen LogP contribution in [0.3, 0.4) is 0 Å². The highest BCUT2D eigenvalue weighted by Crippen LogP contribution is 2.13. The van der Waals surface area contributed by atoms with Gasteiger partial charge in [-0.05, 0) is 24.8 Å². The molecule has 1 fully saturated rings. The van der Waals surface area contributed by atoms with Crippen LogP contribution in [0.25, 0.3) is 0 Å². The molecule has 18 heavy (non-hydrogen) atoms. The zero-order valence-electron chi connectivity index (χ0n) is 10.5. The molecule has 0 radical (unpaired) electrons. The summed E-state index contributed by atoms with van der Waals surface area (Å²) in [7, 11) is 0. The third-order valence-corrected chi connectivity index (χ3v) is 3.22. The van der Waals surface area contributed by atoms with Crippen LogP contribution < -0.4 is 11.1 Å². The number of amides is 1. The highest BCUT2D eigenvalue weighted by molar-refractivity contribution is 5.82. The minimum Gasteiger partial charge on any atom is -0.376 e. The Kier molecular flexibility index (Phi) is 4.73. The minimum absolute atomic E-state index is 0.143. The molecule has 1 saturated heterocycles. The Morgan fingerprint density at radius 3 is 2.83 bits per heavy atom. The van der Waals surface area contributed by atoms with Gasteiger partial charge in [0, 0.05) is 13.2 Å². The third-order valence-electron chi connectivity index (χ3n) is 3.22. The van der Waals surface area contributed by atoms with Crippen LogP contribution in [0.4, 0.5) is 0 Å². The lowest BCUT2D eigenvalue weighted by Crippen LogP contribution is -2.40. The molecule has 1 aromatic carbocycles. The van der Waals surface area contributed by atoms with Gasteiger partial charge in [0.25, 0.3) is 0 Å². The largest absolute Gasteiger partial charge is 0.376 e. The van der Waals surface area contributed by atoms with Crippen molar-refractivity contribution < 1.29 is 9.53 Å². The smallest absolute Gasteiger partial charge is 0.241 e. The second kappa shape index (κ2) is 6.52. The Hall–Kier alpha value is -1.39. The van der Waals surface area contributed by atoms with Crippen LogP contribution in [0.15, 0.2) is 30.3 Å². The van der Waals surface area contributed by atoms with E-state index in [2.05, 4.69) is 5.32 Å². The number of carbonyl (C=O) groups excluding carboxylic acids is 1. The monoisotopic (exact) mass is 248 g/mol. The Labute approximate surface area is 108 Å². The van der Waals surface area contributed by atoms with E-state index in [1.165, 1.54) is 6.42 Å². The van der Waals surface area contributed by atoms with Crippen LogP contribution in [0.2, 0.25) is 0 Å². The summed E-state index contributed by atoms with van der Waals surface area (Å²) in [5, 5.41) is 2.86. The quantitative estimate of drug-likeness (QED) is 0.846. The molecule has 1 heterocycles. The van der Waals surface area contributed by atoms with Gasteiger partial charge in [-0.3, -0.25) is 4.79 Å². The van der Waals surface area contributed by atoms with Gasteiger partial charge >= 0.3 is 0 Å². The van der Waals surface area contributed by atoms with Crippen LogP contribution in [0.5, 0.6) is 0 Å². The van der Waals surface area contributed by atoms with Gasteiger partial charge in [0.1, 0.15) is 6.04 Å². The molecular weight excluding hydrogens is 228 g/mol. The van der Waals surface area contributed by atoms with Gasteiger partial charge in [-0.1, -0.05) is 30.3 Å². The summed E-state index contributed by atoms with van der Waals surface area (Å²) in [6, 6.07) is 8.79. The van der Waals surface area contributed by atoms with Gasteiger partial charge < -0.3 is 15.8 Å². The molecule has 0 spiro atoms. The lowest BCUT2D eigenvalue weighted by molar-refractivity contribution is -0.123. The fourth-order valence-corrected chi connectivity index (χ4v) is 2.10. The first-order chi connectivity index (χ1) is 8.77. The van der Waals surface area contributed by atoms with Gasteiger partial charge in [0.2, 0.25) is 5.91 Å². The Bertz CT molecular complexity index is 375. The van der Waals surface area contributed by atoms with Crippen LogP contribution in [-0.4, -0.2) is 25.2 Å². The molecular formula is C14H20N2O2. The first-order valence-electron chi connectivity index (χ1n) is 6.47. The molecule has 2 atom stereocenters. The lowest BCUT2D eigenvalue weighted by Gasteiger charge is -2.23. The van der Waals surface area contributed by atoms with Gasteiger partial charge in [0.05, 0.1) is 6.10 Å². The predicted octanol–water partition coefficient (Wildman–Crippen LogP) is 1.37. The maximum atomic E-state index is 11.9. The van der Waals surface area contributed by atoms with E-state index >= 15 is 0 Å². The molecule has 1 amide bonds. The zero-order chi connectivity index (χ0) is 12.8. The Balaban J connectivity index is 1.80. The normalized spacial score (nSPS) is 21.3. The van der Waals surface area contributed by atoms with Crippen molar-refractivity contribution in [3.8, 4) is 0 Å². The highest BCUT2D eigenvalue weighted by atomic mass is 16.5. The molecule has 0 saturated carbocycles. The molecule has 4 nitrogen and oxygen atoms in total. The van der Waals surface area contributed by atoms with E-state index < -0.39 is 6.04 Å². The topological polar surface area (TPSA) is 64.4 Å². The minimum atomic E-state index is -0.602. The Morgan fingerprint density at radius 1 is 1.39 bits per heavy atom. The molecule has 1 aromatic rings. The Morgan fingerprint density at radius 2 is 2.17 bits per heavy atom. The first kappa shape index (κ1) is 13.1. The summed E-state index contributed by atoms with van der Waals surface area (Å²) in [4.78, 5) is 11.9. The lowest BCUT2D eigenvalue weighted by atomic mass is 10.1. The van der Waals surface area contributed by atoms with E-state index in [4.69, 9.17) is 10.5 Å². The number of rotatable bonds is 4. The molecule has 1 aliphatic heterocycles. The van der Waals surface area contributed by atoms with E-state index in [1.54, 1.807) is 0 Å². The van der Waals surface area contributed by atoms with E-state index in [9.17, 15) is 4.79 Å². The van der Waals surface area contributed by atoms with Crippen molar-refractivity contribution in [1.29, 1.82) is 0 Å². The first-order valence-corrected chi connectivity index (χ1v) is 6.47. The van der Waals surface area contributed by atoms with Gasteiger partial charge in [-0.15, -0.1) is 0 Å². The van der Waals surface area contributed by atoms with Gasteiger partial charge in [0.15, 0.2) is 0 Å². The number of hydrogen-bond donors (Lipinski definition) is 2. The van der Waals surface area contributed by atoms with Crippen LogP contribution in [-0.2, 0) is 9.53 Å². The molecule has 1 unspecified atom stereocenters. The molecule has 0 aliphatic carbocycles. The molecule has 0 bridgehead atoms.